The molecule has 82 valence electrons. The highest BCUT2D eigenvalue weighted by molar-refractivity contribution is 14.1. The summed E-state index contributed by atoms with van der Waals surface area (Å²) in [7, 11) is 0. The Morgan fingerprint density at radius 2 is 2.06 bits per heavy atom. The van der Waals surface area contributed by atoms with Crippen molar-refractivity contribution in [1.82, 2.24) is 14.9 Å². The van der Waals surface area contributed by atoms with Gasteiger partial charge in [0.15, 0.2) is 0 Å². The number of aromatic nitrogens is 3. The number of hydrogen-bond donors (Lipinski definition) is 1. The zero-order valence-corrected chi connectivity index (χ0v) is 11.6. The Labute approximate surface area is 113 Å². The number of rotatable bonds is 2. The van der Waals surface area contributed by atoms with E-state index >= 15 is 0 Å². The summed E-state index contributed by atoms with van der Waals surface area (Å²) in [5.41, 5.74) is 0.632. The van der Waals surface area contributed by atoms with Crippen LogP contribution in [-0.4, -0.2) is 26.2 Å². The molecule has 0 saturated heterocycles. The molecule has 7 heteroatoms. The fourth-order valence-electron chi connectivity index (χ4n) is 1.07. The van der Waals surface area contributed by atoms with Crippen LogP contribution < -0.4 is 0 Å². The molecule has 2 rings (SSSR count). The molecule has 2 aromatic rings. The van der Waals surface area contributed by atoms with Gasteiger partial charge in [0.1, 0.15) is 18.4 Å². The number of phenolic OH excluding ortho intramolecular Hbond substituents is 1. The Bertz CT molecular complexity index is 527. The van der Waals surface area contributed by atoms with Crippen molar-refractivity contribution in [1.29, 1.82) is 0 Å². The molecule has 0 spiro atoms. The molecule has 1 N–H and O–H groups in total. The first-order chi connectivity index (χ1) is 7.66. The highest BCUT2D eigenvalue weighted by atomic mass is 127. The molecular weight excluding hydrogens is 387 g/mol. The number of nitrogens with zero attached hydrogens (tertiary/aromatic N) is 4. The van der Waals surface area contributed by atoms with E-state index in [9.17, 15) is 5.11 Å². The van der Waals surface area contributed by atoms with Gasteiger partial charge in [-0.25, -0.2) is 4.68 Å². The summed E-state index contributed by atoms with van der Waals surface area (Å²) in [4.78, 5) is 0. The van der Waals surface area contributed by atoms with Crippen LogP contribution in [-0.2, 0) is 0 Å². The van der Waals surface area contributed by atoms with Gasteiger partial charge in [0.25, 0.3) is 0 Å². The third kappa shape index (κ3) is 2.59. The molecule has 1 heterocycles. The molecule has 5 nitrogen and oxygen atoms in total. The third-order valence-electron chi connectivity index (χ3n) is 1.79. The van der Waals surface area contributed by atoms with Crippen molar-refractivity contribution in [2.45, 2.75) is 0 Å². The standard InChI is InChI=1S/C9H6BrIN4O/c10-7-1-6(9(16)8(11)2-7)3-14-15-4-12-13-5-15/h1-5,16H. The smallest absolute Gasteiger partial charge is 0.141 e. The van der Waals surface area contributed by atoms with E-state index in [1.165, 1.54) is 17.3 Å². The van der Waals surface area contributed by atoms with Crippen molar-refractivity contribution in [2.24, 2.45) is 5.10 Å². The Morgan fingerprint density at radius 3 is 2.75 bits per heavy atom. The highest BCUT2D eigenvalue weighted by Crippen LogP contribution is 2.27. The average molecular weight is 393 g/mol. The van der Waals surface area contributed by atoms with E-state index in [0.717, 1.165) is 8.04 Å². The summed E-state index contributed by atoms with van der Waals surface area (Å²) in [5, 5.41) is 21.1. The molecule has 0 aliphatic rings. The lowest BCUT2D eigenvalue weighted by Gasteiger charge is -2.02. The maximum absolute atomic E-state index is 9.79. The van der Waals surface area contributed by atoms with Crippen LogP contribution in [0.3, 0.4) is 0 Å². The highest BCUT2D eigenvalue weighted by Gasteiger charge is 2.05. The van der Waals surface area contributed by atoms with Crippen molar-refractivity contribution in [3.63, 3.8) is 0 Å². The Balaban J connectivity index is 2.34. The normalized spacial score (nSPS) is 11.1. The van der Waals surface area contributed by atoms with Crippen molar-refractivity contribution < 1.29 is 5.11 Å². The fourth-order valence-corrected chi connectivity index (χ4v) is 2.62. The topological polar surface area (TPSA) is 63.3 Å². The van der Waals surface area contributed by atoms with Crippen LogP contribution in [0.5, 0.6) is 5.75 Å². The lowest BCUT2D eigenvalue weighted by molar-refractivity contribution is 0.470. The quantitative estimate of drug-likeness (QED) is 0.629. The maximum Gasteiger partial charge on any atom is 0.141 e. The van der Waals surface area contributed by atoms with E-state index in [1.54, 1.807) is 12.3 Å². The van der Waals surface area contributed by atoms with Crippen LogP contribution >= 0.6 is 38.5 Å². The summed E-state index contributed by atoms with van der Waals surface area (Å²) in [6.45, 7) is 0. The number of halogens is 2. The lowest BCUT2D eigenvalue weighted by Crippen LogP contribution is -1.90. The molecule has 0 aliphatic carbocycles. The van der Waals surface area contributed by atoms with Crippen molar-refractivity contribution >= 4 is 44.7 Å². The number of aromatic hydroxyl groups is 1. The van der Waals surface area contributed by atoms with Gasteiger partial charge in [-0.3, -0.25) is 0 Å². The predicted molar refractivity (Wildman–Crippen MR) is 71.5 cm³/mol. The minimum absolute atomic E-state index is 0.209. The van der Waals surface area contributed by atoms with Crippen LogP contribution in [0.25, 0.3) is 0 Å². The molecule has 1 aromatic heterocycles. The molecule has 1 aromatic carbocycles. The molecule has 0 atom stereocenters. The second-order valence-electron chi connectivity index (χ2n) is 2.91. The molecule has 0 unspecified atom stereocenters. The lowest BCUT2D eigenvalue weighted by atomic mass is 10.2. The van der Waals surface area contributed by atoms with Gasteiger partial charge in [0, 0.05) is 10.0 Å². The minimum atomic E-state index is 0.209. The van der Waals surface area contributed by atoms with Gasteiger partial charge in [0.05, 0.1) is 9.78 Å². The maximum atomic E-state index is 9.79. The van der Waals surface area contributed by atoms with Gasteiger partial charge in [-0.05, 0) is 34.7 Å². The zero-order valence-electron chi connectivity index (χ0n) is 7.88. The summed E-state index contributed by atoms with van der Waals surface area (Å²) in [6, 6.07) is 3.61. The molecule has 16 heavy (non-hydrogen) atoms. The molecule has 0 aliphatic heterocycles. The first kappa shape index (κ1) is 11.5. The van der Waals surface area contributed by atoms with Gasteiger partial charge in [0.2, 0.25) is 0 Å². The second kappa shape index (κ2) is 4.91. The van der Waals surface area contributed by atoms with Gasteiger partial charge < -0.3 is 5.11 Å². The van der Waals surface area contributed by atoms with E-state index in [2.05, 4.69) is 53.8 Å². The summed E-state index contributed by atoms with van der Waals surface area (Å²) in [5.74, 6) is 0.209. The Morgan fingerprint density at radius 1 is 1.38 bits per heavy atom. The van der Waals surface area contributed by atoms with Crippen LogP contribution in [0, 0.1) is 3.57 Å². The monoisotopic (exact) mass is 392 g/mol. The summed E-state index contributed by atoms with van der Waals surface area (Å²) in [6.07, 6.45) is 4.48. The van der Waals surface area contributed by atoms with Crippen LogP contribution in [0.1, 0.15) is 5.56 Å². The Hall–Kier alpha value is -0.960. The van der Waals surface area contributed by atoms with E-state index in [-0.39, 0.29) is 5.75 Å². The van der Waals surface area contributed by atoms with Crippen molar-refractivity contribution in [3.05, 3.63) is 38.4 Å². The first-order valence-corrected chi connectivity index (χ1v) is 6.11. The third-order valence-corrected chi connectivity index (χ3v) is 3.07. The second-order valence-corrected chi connectivity index (χ2v) is 4.99. The van der Waals surface area contributed by atoms with E-state index in [4.69, 9.17) is 0 Å². The molecule has 0 amide bonds. The summed E-state index contributed by atoms with van der Waals surface area (Å²) >= 11 is 5.41. The van der Waals surface area contributed by atoms with Gasteiger partial charge in [-0.1, -0.05) is 15.9 Å². The Kier molecular flexibility index (Phi) is 3.54. The molecular formula is C9H6BrIN4O. The molecule has 0 radical (unpaired) electrons. The van der Waals surface area contributed by atoms with E-state index in [1.807, 2.05) is 6.07 Å². The van der Waals surface area contributed by atoms with Crippen LogP contribution in [0.4, 0.5) is 0 Å². The van der Waals surface area contributed by atoms with E-state index < -0.39 is 0 Å². The number of hydrogen-bond acceptors (Lipinski definition) is 4. The van der Waals surface area contributed by atoms with Gasteiger partial charge >= 0.3 is 0 Å². The molecule has 0 bridgehead atoms. The fraction of sp³-hybridized carbons (Fsp3) is 0. The molecule has 0 fully saturated rings. The van der Waals surface area contributed by atoms with Crippen LogP contribution in [0.15, 0.2) is 34.4 Å². The van der Waals surface area contributed by atoms with Crippen molar-refractivity contribution in [2.75, 3.05) is 0 Å². The SMILES string of the molecule is Oc1c(I)cc(Br)cc1C=Nn1cnnc1. The first-order valence-electron chi connectivity index (χ1n) is 4.24. The number of benzene rings is 1. The van der Waals surface area contributed by atoms with E-state index in [0.29, 0.717) is 5.56 Å². The van der Waals surface area contributed by atoms with Gasteiger partial charge in [-0.2, -0.15) is 5.10 Å². The largest absolute Gasteiger partial charge is 0.506 e. The van der Waals surface area contributed by atoms with Crippen LogP contribution in [0.2, 0.25) is 0 Å². The molecule has 0 saturated carbocycles. The predicted octanol–water partition coefficient (Wildman–Crippen LogP) is 2.23. The summed E-state index contributed by atoms with van der Waals surface area (Å²) < 4.78 is 3.10. The number of phenols is 1. The average Bonchev–Trinajstić information content (AvgIpc) is 2.74. The minimum Gasteiger partial charge on any atom is -0.506 e. The zero-order chi connectivity index (χ0) is 11.5. The van der Waals surface area contributed by atoms with Crippen molar-refractivity contribution in [3.8, 4) is 5.75 Å². The van der Waals surface area contributed by atoms with Gasteiger partial charge in [-0.15, -0.1) is 10.2 Å².